The van der Waals surface area contributed by atoms with Crippen molar-refractivity contribution in [1.29, 1.82) is 5.41 Å². The van der Waals surface area contributed by atoms with Crippen molar-refractivity contribution in [3.63, 3.8) is 0 Å². The molecule has 2 aromatic carbocycles. The molecule has 2 aliphatic rings. The second kappa shape index (κ2) is 8.00. The molecule has 0 atom stereocenters. The van der Waals surface area contributed by atoms with Gasteiger partial charge in [-0.1, -0.05) is 37.3 Å². The Bertz CT molecular complexity index is 1080. The van der Waals surface area contributed by atoms with E-state index in [9.17, 15) is 9.18 Å². The predicted octanol–water partition coefficient (Wildman–Crippen LogP) is 4.43. The number of ether oxygens (including phenoxy) is 1. The van der Waals surface area contributed by atoms with Crippen LogP contribution in [0.5, 0.6) is 5.75 Å². The molecule has 0 saturated heterocycles. The third-order valence-corrected chi connectivity index (χ3v) is 5.39. The number of carbonyl (C=O) groups is 1. The fourth-order valence-corrected chi connectivity index (χ4v) is 3.60. The summed E-state index contributed by atoms with van der Waals surface area (Å²) in [5, 5.41) is 15.3. The predicted molar refractivity (Wildman–Crippen MR) is 112 cm³/mol. The normalized spacial score (nSPS) is 17.3. The molecule has 0 saturated carbocycles. The van der Waals surface area contributed by atoms with Crippen LogP contribution in [0.1, 0.15) is 24.5 Å². The van der Waals surface area contributed by atoms with E-state index in [-0.39, 0.29) is 23.8 Å². The lowest BCUT2D eigenvalue weighted by atomic mass is 10.1. The first-order valence-electron chi connectivity index (χ1n) is 9.00. The largest absolute Gasteiger partial charge is 0.489 e. The number of thioether (sulfide) groups is 1. The molecule has 2 heterocycles. The number of nitrogens with one attached hydrogen (secondary N) is 1. The van der Waals surface area contributed by atoms with Gasteiger partial charge in [0, 0.05) is 5.56 Å². The van der Waals surface area contributed by atoms with Crippen LogP contribution in [0, 0.1) is 11.2 Å². The average Bonchev–Trinajstić information content (AvgIpc) is 3.15. The fourth-order valence-electron chi connectivity index (χ4n) is 2.78. The number of halogens is 1. The average molecular weight is 408 g/mol. The molecule has 4 rings (SSSR count). The molecule has 0 spiro atoms. The van der Waals surface area contributed by atoms with E-state index in [1.807, 2.05) is 6.92 Å². The topological polar surface area (TPSA) is 78.1 Å². The molecule has 8 heteroatoms. The lowest BCUT2D eigenvalue weighted by Gasteiger charge is -2.20. The molecule has 1 amide bonds. The zero-order chi connectivity index (χ0) is 20.4. The molecule has 2 aliphatic heterocycles. The highest BCUT2D eigenvalue weighted by atomic mass is 32.2. The summed E-state index contributed by atoms with van der Waals surface area (Å²) in [5.41, 5.74) is 1.38. The van der Waals surface area contributed by atoms with Gasteiger partial charge in [0.1, 0.15) is 23.2 Å². The smallest absolute Gasteiger partial charge is 0.283 e. The second-order valence-corrected chi connectivity index (χ2v) is 7.36. The SMILES string of the molecule is CCC1=NN2C(=N)/C(=C\c3ccc(OCc4ccccc4F)cc3)C(=O)N=C2S1. The standard InChI is InChI=1S/C21H17FN4O2S/c1-2-18-25-26-19(23)16(20(27)24-21(26)29-18)11-13-7-9-15(10-8-13)28-12-14-5-3-4-6-17(14)22/h3-11,23H,2,12H2,1H3/b16-11+,23-19?. The van der Waals surface area contributed by atoms with Crippen LogP contribution in [0.3, 0.4) is 0 Å². The zero-order valence-corrected chi connectivity index (χ0v) is 16.4. The van der Waals surface area contributed by atoms with E-state index in [0.717, 1.165) is 17.0 Å². The first kappa shape index (κ1) is 19.1. The van der Waals surface area contributed by atoms with Crippen LogP contribution in [0.15, 0.2) is 64.2 Å². The van der Waals surface area contributed by atoms with Gasteiger partial charge < -0.3 is 4.74 Å². The Morgan fingerprint density at radius 3 is 2.69 bits per heavy atom. The number of rotatable bonds is 5. The highest BCUT2D eigenvalue weighted by molar-refractivity contribution is 8.26. The molecule has 0 fully saturated rings. The Labute approximate surface area is 171 Å². The van der Waals surface area contributed by atoms with Crippen LogP contribution in [-0.2, 0) is 11.4 Å². The Hall–Kier alpha value is -3.26. The minimum Gasteiger partial charge on any atom is -0.489 e. The van der Waals surface area contributed by atoms with E-state index in [1.54, 1.807) is 48.5 Å². The molecular formula is C21H17FN4O2S. The summed E-state index contributed by atoms with van der Waals surface area (Å²) in [6, 6.07) is 13.5. The van der Waals surface area contributed by atoms with E-state index in [1.165, 1.54) is 22.8 Å². The van der Waals surface area contributed by atoms with E-state index in [0.29, 0.717) is 16.5 Å². The zero-order valence-electron chi connectivity index (χ0n) is 15.6. The number of aliphatic imine (C=N–C) groups is 1. The Kier molecular flexibility index (Phi) is 5.26. The van der Waals surface area contributed by atoms with E-state index in [4.69, 9.17) is 10.1 Å². The van der Waals surface area contributed by atoms with Crippen LogP contribution in [-0.4, -0.2) is 27.0 Å². The third kappa shape index (κ3) is 3.97. The number of fused-ring (bicyclic) bond motifs is 1. The van der Waals surface area contributed by atoms with Gasteiger partial charge in [-0.05, 0) is 48.0 Å². The molecule has 0 unspecified atom stereocenters. The Balaban J connectivity index is 1.49. The van der Waals surface area contributed by atoms with Gasteiger partial charge in [-0.15, -0.1) is 0 Å². The van der Waals surface area contributed by atoms with E-state index in [2.05, 4.69) is 10.1 Å². The van der Waals surface area contributed by atoms with Crippen molar-refractivity contribution < 1.29 is 13.9 Å². The molecular weight excluding hydrogens is 391 g/mol. The van der Waals surface area contributed by atoms with E-state index < -0.39 is 5.91 Å². The van der Waals surface area contributed by atoms with Gasteiger partial charge in [-0.25, -0.2) is 4.39 Å². The fraction of sp³-hybridized carbons (Fsp3) is 0.143. The summed E-state index contributed by atoms with van der Waals surface area (Å²) in [5.74, 6) is -0.178. The maximum atomic E-state index is 13.7. The van der Waals surface area contributed by atoms with Crippen molar-refractivity contribution in [3.05, 3.63) is 71.0 Å². The molecule has 0 aromatic heterocycles. The summed E-state index contributed by atoms with van der Waals surface area (Å²) in [7, 11) is 0. The van der Waals surface area contributed by atoms with Gasteiger partial charge in [0.05, 0.1) is 5.57 Å². The molecule has 0 aliphatic carbocycles. The van der Waals surface area contributed by atoms with Crippen molar-refractivity contribution >= 4 is 39.8 Å². The van der Waals surface area contributed by atoms with Gasteiger partial charge in [-0.3, -0.25) is 10.2 Å². The van der Waals surface area contributed by atoms with Crippen molar-refractivity contribution in [2.45, 2.75) is 20.0 Å². The van der Waals surface area contributed by atoms with Gasteiger partial charge in [0.15, 0.2) is 5.84 Å². The number of hydrogen-bond acceptors (Lipinski definition) is 5. The summed E-state index contributed by atoms with van der Waals surface area (Å²) >= 11 is 1.31. The van der Waals surface area contributed by atoms with E-state index >= 15 is 0 Å². The minimum absolute atomic E-state index is 0.0100. The molecule has 1 N–H and O–H groups in total. The van der Waals surface area contributed by atoms with Crippen LogP contribution in [0.25, 0.3) is 6.08 Å². The highest BCUT2D eigenvalue weighted by Gasteiger charge is 2.34. The highest BCUT2D eigenvalue weighted by Crippen LogP contribution is 2.29. The number of amides is 1. The van der Waals surface area contributed by atoms with Crippen LogP contribution >= 0.6 is 11.8 Å². The molecule has 146 valence electrons. The second-order valence-electron chi connectivity index (χ2n) is 6.32. The maximum absolute atomic E-state index is 13.7. The number of benzene rings is 2. The van der Waals surface area contributed by atoms with Crippen molar-refractivity contribution in [3.8, 4) is 5.75 Å². The maximum Gasteiger partial charge on any atom is 0.283 e. The number of amidine groups is 2. The van der Waals surface area contributed by atoms with Crippen LogP contribution in [0.2, 0.25) is 0 Å². The summed E-state index contributed by atoms with van der Waals surface area (Å²) in [4.78, 5) is 16.4. The minimum atomic E-state index is -0.457. The molecule has 0 radical (unpaired) electrons. The third-order valence-electron chi connectivity index (χ3n) is 4.34. The van der Waals surface area contributed by atoms with Gasteiger partial charge in [0.2, 0.25) is 5.17 Å². The number of hydrazone groups is 1. The van der Waals surface area contributed by atoms with Gasteiger partial charge in [-0.2, -0.15) is 15.1 Å². The van der Waals surface area contributed by atoms with Crippen LogP contribution in [0.4, 0.5) is 4.39 Å². The lowest BCUT2D eigenvalue weighted by molar-refractivity contribution is -0.114. The Morgan fingerprint density at radius 2 is 1.97 bits per heavy atom. The van der Waals surface area contributed by atoms with Gasteiger partial charge >= 0.3 is 0 Å². The Morgan fingerprint density at radius 1 is 1.21 bits per heavy atom. The molecule has 0 bridgehead atoms. The first-order chi connectivity index (χ1) is 14.0. The number of carbonyl (C=O) groups excluding carboxylic acids is 1. The quantitative estimate of drug-likeness (QED) is 0.742. The molecule has 2 aromatic rings. The van der Waals surface area contributed by atoms with Crippen LogP contribution < -0.4 is 4.74 Å². The molecule has 6 nitrogen and oxygen atoms in total. The summed E-state index contributed by atoms with van der Waals surface area (Å²) in [6.45, 7) is 2.08. The van der Waals surface area contributed by atoms with Gasteiger partial charge in [0.25, 0.3) is 5.91 Å². The van der Waals surface area contributed by atoms with Crippen molar-refractivity contribution in [2.24, 2.45) is 10.1 Å². The molecule has 29 heavy (non-hydrogen) atoms. The number of nitrogens with zero attached hydrogens (tertiary/aromatic N) is 3. The lowest BCUT2D eigenvalue weighted by Crippen LogP contribution is -2.35. The van der Waals surface area contributed by atoms with Crippen molar-refractivity contribution in [1.82, 2.24) is 5.01 Å². The number of hydrogen-bond donors (Lipinski definition) is 1. The van der Waals surface area contributed by atoms with Crippen molar-refractivity contribution in [2.75, 3.05) is 0 Å². The first-order valence-corrected chi connectivity index (χ1v) is 9.82. The summed E-state index contributed by atoms with van der Waals surface area (Å²) < 4.78 is 19.3. The monoisotopic (exact) mass is 408 g/mol. The summed E-state index contributed by atoms with van der Waals surface area (Å²) in [6.07, 6.45) is 2.32.